The van der Waals surface area contributed by atoms with Gasteiger partial charge in [-0.1, -0.05) is 13.3 Å². The molecule has 0 aromatic heterocycles. The molecule has 16 heavy (non-hydrogen) atoms. The van der Waals surface area contributed by atoms with Crippen molar-refractivity contribution < 1.29 is 4.74 Å². The van der Waals surface area contributed by atoms with Gasteiger partial charge in [0.1, 0.15) is 0 Å². The van der Waals surface area contributed by atoms with Crippen LogP contribution in [0.2, 0.25) is 0 Å². The van der Waals surface area contributed by atoms with Crippen LogP contribution >= 0.6 is 0 Å². The fraction of sp³-hybridized carbons (Fsp3) is 1.00. The van der Waals surface area contributed by atoms with Gasteiger partial charge < -0.3 is 10.1 Å². The van der Waals surface area contributed by atoms with Gasteiger partial charge >= 0.3 is 0 Å². The lowest BCUT2D eigenvalue weighted by atomic mass is 10.0. The predicted molar refractivity (Wildman–Crippen MR) is 66.7 cm³/mol. The Labute approximate surface area is 99.5 Å². The van der Waals surface area contributed by atoms with Crippen LogP contribution in [0.4, 0.5) is 0 Å². The number of nitrogens with zero attached hydrogens (tertiary/aromatic N) is 1. The maximum Gasteiger partial charge on any atom is 0.0674 e. The lowest BCUT2D eigenvalue weighted by Crippen LogP contribution is -2.46. The first-order valence-corrected chi connectivity index (χ1v) is 6.87. The Hall–Kier alpha value is -0.120. The number of ether oxygens (including phenoxy) is 1. The number of nitrogens with one attached hydrogen (secondary N) is 1. The number of rotatable bonds is 4. The molecule has 1 saturated heterocycles. The molecule has 0 aromatic rings. The minimum Gasteiger partial charge on any atom is -0.376 e. The van der Waals surface area contributed by atoms with Gasteiger partial charge in [0.2, 0.25) is 0 Å². The summed E-state index contributed by atoms with van der Waals surface area (Å²) in [6, 6.07) is 0.767. The van der Waals surface area contributed by atoms with Crippen molar-refractivity contribution in [1.82, 2.24) is 10.2 Å². The van der Waals surface area contributed by atoms with Crippen LogP contribution in [0.3, 0.4) is 0 Å². The van der Waals surface area contributed by atoms with E-state index >= 15 is 0 Å². The van der Waals surface area contributed by atoms with E-state index in [0.29, 0.717) is 6.10 Å². The van der Waals surface area contributed by atoms with Gasteiger partial charge in [-0.05, 0) is 32.2 Å². The van der Waals surface area contributed by atoms with Crippen LogP contribution in [-0.4, -0.2) is 49.8 Å². The van der Waals surface area contributed by atoms with Gasteiger partial charge in [0.15, 0.2) is 0 Å². The highest BCUT2D eigenvalue weighted by molar-refractivity contribution is 4.85. The Morgan fingerprint density at radius 3 is 3.00 bits per heavy atom. The summed E-state index contributed by atoms with van der Waals surface area (Å²) in [6.45, 7) is 9.94. The molecule has 0 radical (unpaired) electrons. The third kappa shape index (κ3) is 3.19. The third-order valence-corrected chi connectivity index (χ3v) is 3.94. The molecule has 0 amide bonds. The molecule has 3 nitrogen and oxygen atoms in total. The van der Waals surface area contributed by atoms with Gasteiger partial charge in [0.05, 0.1) is 12.7 Å². The van der Waals surface area contributed by atoms with Crippen molar-refractivity contribution in [2.75, 3.05) is 32.8 Å². The van der Waals surface area contributed by atoms with E-state index in [2.05, 4.69) is 24.1 Å². The van der Waals surface area contributed by atoms with Gasteiger partial charge in [-0.25, -0.2) is 0 Å². The van der Waals surface area contributed by atoms with Crippen LogP contribution in [-0.2, 0) is 4.74 Å². The fourth-order valence-electron chi connectivity index (χ4n) is 3.17. The van der Waals surface area contributed by atoms with E-state index in [4.69, 9.17) is 4.74 Å². The summed E-state index contributed by atoms with van der Waals surface area (Å²) in [5.74, 6) is 0.866. The Morgan fingerprint density at radius 2 is 2.25 bits per heavy atom. The summed E-state index contributed by atoms with van der Waals surface area (Å²) in [5.41, 5.74) is 0. The van der Waals surface area contributed by atoms with E-state index in [9.17, 15) is 0 Å². The molecule has 1 aliphatic heterocycles. The van der Waals surface area contributed by atoms with Gasteiger partial charge in [0.25, 0.3) is 0 Å². The largest absolute Gasteiger partial charge is 0.376 e. The van der Waals surface area contributed by atoms with E-state index in [0.717, 1.165) is 38.2 Å². The van der Waals surface area contributed by atoms with E-state index in [1.165, 1.54) is 25.8 Å². The molecule has 1 N–H and O–H groups in total. The molecule has 3 heteroatoms. The van der Waals surface area contributed by atoms with E-state index in [-0.39, 0.29) is 0 Å². The van der Waals surface area contributed by atoms with Crippen molar-refractivity contribution in [2.45, 2.75) is 45.3 Å². The molecule has 2 fully saturated rings. The van der Waals surface area contributed by atoms with Crippen LogP contribution in [0, 0.1) is 5.92 Å². The molecule has 3 unspecified atom stereocenters. The minimum atomic E-state index is 0.424. The molecule has 2 rings (SSSR count). The molecule has 0 bridgehead atoms. The number of morpholine rings is 1. The lowest BCUT2D eigenvalue weighted by Gasteiger charge is -2.34. The van der Waals surface area contributed by atoms with Crippen LogP contribution in [0.25, 0.3) is 0 Å². The topological polar surface area (TPSA) is 24.5 Å². The molecule has 1 saturated carbocycles. The SMILES string of the molecule is CCNC1CCCC1CN1CCOC(C)C1. The Kier molecular flexibility index (Phi) is 4.62. The second-order valence-corrected chi connectivity index (χ2v) is 5.30. The average Bonchev–Trinajstić information content (AvgIpc) is 2.66. The summed E-state index contributed by atoms with van der Waals surface area (Å²) in [5, 5.41) is 3.64. The zero-order valence-corrected chi connectivity index (χ0v) is 10.7. The fourth-order valence-corrected chi connectivity index (χ4v) is 3.17. The summed E-state index contributed by atoms with van der Waals surface area (Å²) >= 11 is 0. The van der Waals surface area contributed by atoms with Gasteiger partial charge in [0, 0.05) is 25.7 Å². The lowest BCUT2D eigenvalue weighted by molar-refractivity contribution is -0.0238. The second kappa shape index (κ2) is 5.99. The molecular weight excluding hydrogens is 200 g/mol. The molecule has 3 atom stereocenters. The van der Waals surface area contributed by atoms with Gasteiger partial charge in [-0.3, -0.25) is 4.90 Å². The molecule has 0 aromatic carbocycles. The Balaban J connectivity index is 1.79. The Morgan fingerprint density at radius 1 is 1.38 bits per heavy atom. The van der Waals surface area contributed by atoms with Crippen molar-refractivity contribution in [2.24, 2.45) is 5.92 Å². The highest BCUT2D eigenvalue weighted by Gasteiger charge is 2.29. The summed E-state index contributed by atoms with van der Waals surface area (Å²) in [7, 11) is 0. The van der Waals surface area contributed by atoms with E-state index in [1.807, 2.05) is 0 Å². The van der Waals surface area contributed by atoms with E-state index < -0.39 is 0 Å². The summed E-state index contributed by atoms with van der Waals surface area (Å²) < 4.78 is 5.59. The number of hydrogen-bond donors (Lipinski definition) is 1. The highest BCUT2D eigenvalue weighted by Crippen LogP contribution is 2.26. The third-order valence-electron chi connectivity index (χ3n) is 3.94. The van der Waals surface area contributed by atoms with E-state index in [1.54, 1.807) is 0 Å². The molecule has 1 heterocycles. The first-order chi connectivity index (χ1) is 7.79. The second-order valence-electron chi connectivity index (χ2n) is 5.30. The predicted octanol–water partition coefficient (Wildman–Crippen LogP) is 1.49. The van der Waals surface area contributed by atoms with Crippen molar-refractivity contribution in [3.63, 3.8) is 0 Å². The summed E-state index contributed by atoms with van der Waals surface area (Å²) in [4.78, 5) is 2.59. The smallest absolute Gasteiger partial charge is 0.0674 e. The van der Waals surface area contributed by atoms with Crippen LogP contribution in [0.15, 0.2) is 0 Å². The Bertz CT molecular complexity index is 210. The minimum absolute atomic E-state index is 0.424. The van der Waals surface area contributed by atoms with Crippen LogP contribution in [0.5, 0.6) is 0 Å². The molecule has 2 aliphatic rings. The number of hydrogen-bond acceptors (Lipinski definition) is 3. The van der Waals surface area contributed by atoms with Crippen molar-refractivity contribution >= 4 is 0 Å². The van der Waals surface area contributed by atoms with Crippen molar-refractivity contribution in [1.29, 1.82) is 0 Å². The maximum absolute atomic E-state index is 5.59. The van der Waals surface area contributed by atoms with Gasteiger partial charge in [-0.2, -0.15) is 0 Å². The normalized spacial score (nSPS) is 36.8. The quantitative estimate of drug-likeness (QED) is 0.786. The highest BCUT2D eigenvalue weighted by atomic mass is 16.5. The zero-order chi connectivity index (χ0) is 11.4. The first-order valence-electron chi connectivity index (χ1n) is 6.87. The molecule has 1 aliphatic carbocycles. The van der Waals surface area contributed by atoms with Crippen molar-refractivity contribution in [3.05, 3.63) is 0 Å². The standard InChI is InChI=1S/C13H26N2O/c1-3-14-13-6-4-5-12(13)10-15-7-8-16-11(2)9-15/h11-14H,3-10H2,1-2H3. The zero-order valence-electron chi connectivity index (χ0n) is 10.7. The average molecular weight is 226 g/mol. The maximum atomic E-state index is 5.59. The molecule has 94 valence electrons. The molecule has 0 spiro atoms. The summed E-state index contributed by atoms with van der Waals surface area (Å²) in [6.07, 6.45) is 4.61. The van der Waals surface area contributed by atoms with Gasteiger partial charge in [-0.15, -0.1) is 0 Å². The van der Waals surface area contributed by atoms with Crippen LogP contribution < -0.4 is 5.32 Å². The first kappa shape index (κ1) is 12.3. The van der Waals surface area contributed by atoms with Crippen molar-refractivity contribution in [3.8, 4) is 0 Å². The monoisotopic (exact) mass is 226 g/mol. The van der Waals surface area contributed by atoms with Crippen LogP contribution in [0.1, 0.15) is 33.1 Å². The molecular formula is C13H26N2O.